The fraction of sp³-hybridized carbons (Fsp3) is 0.360. The van der Waals surface area contributed by atoms with E-state index in [0.717, 1.165) is 19.1 Å². The number of benzene rings is 2. The maximum atomic E-state index is 13.6. The zero-order chi connectivity index (χ0) is 22.0. The molecule has 0 spiro atoms. The number of hydrogen-bond donors (Lipinski definition) is 1. The number of fused-ring (bicyclic) bond motifs is 1. The molecule has 0 bridgehead atoms. The van der Waals surface area contributed by atoms with E-state index in [2.05, 4.69) is 10.3 Å². The summed E-state index contributed by atoms with van der Waals surface area (Å²) in [5.41, 5.74) is 1.78. The molecule has 2 aromatic carbocycles. The molecule has 1 aliphatic rings. The summed E-state index contributed by atoms with van der Waals surface area (Å²) >= 11 is 0. The molecule has 162 valence electrons. The van der Waals surface area contributed by atoms with Gasteiger partial charge in [-0.3, -0.25) is 4.79 Å². The highest BCUT2D eigenvalue weighted by atomic mass is 32.2. The number of hydrogen-bond acceptors (Lipinski definition) is 4. The van der Waals surface area contributed by atoms with Crippen LogP contribution in [-0.2, 0) is 9.84 Å². The standard InChI is InChI=1S/C25H28N2O3S/c1-17(18-11-5-3-6-12-18)26-25(28)22-20-15-9-10-16-21(20)27-23(24(22)31(2,29)30)19-13-7-4-8-14-19/h4,7-10,13-18H,3,5-6,11-12H2,1-2H3,(H,26,28). The molecule has 1 fully saturated rings. The van der Waals surface area contributed by atoms with Gasteiger partial charge in [0.2, 0.25) is 0 Å². The van der Waals surface area contributed by atoms with Gasteiger partial charge in [0.25, 0.3) is 5.91 Å². The van der Waals surface area contributed by atoms with Gasteiger partial charge in [0.15, 0.2) is 9.84 Å². The number of nitrogens with one attached hydrogen (secondary N) is 1. The maximum absolute atomic E-state index is 13.6. The average Bonchev–Trinajstić information content (AvgIpc) is 2.78. The van der Waals surface area contributed by atoms with Crippen LogP contribution in [0.3, 0.4) is 0 Å². The number of pyridine rings is 1. The van der Waals surface area contributed by atoms with Crippen LogP contribution in [0.25, 0.3) is 22.2 Å². The second-order valence-electron chi connectivity index (χ2n) is 8.48. The molecule has 1 unspecified atom stereocenters. The van der Waals surface area contributed by atoms with Crippen LogP contribution in [0.1, 0.15) is 49.4 Å². The fourth-order valence-corrected chi connectivity index (χ4v) is 5.69. The summed E-state index contributed by atoms with van der Waals surface area (Å²) < 4.78 is 25.9. The lowest BCUT2D eigenvalue weighted by Gasteiger charge is -2.28. The third-order valence-electron chi connectivity index (χ3n) is 6.21. The number of aromatic nitrogens is 1. The lowest BCUT2D eigenvalue weighted by molar-refractivity contribution is 0.0917. The quantitative estimate of drug-likeness (QED) is 0.610. The predicted octanol–water partition coefficient (Wildman–Crippen LogP) is 5.00. The smallest absolute Gasteiger partial charge is 0.253 e. The summed E-state index contributed by atoms with van der Waals surface area (Å²) in [5.74, 6) is 0.0651. The van der Waals surface area contributed by atoms with Gasteiger partial charge in [0.05, 0.1) is 16.8 Å². The van der Waals surface area contributed by atoms with Gasteiger partial charge in [-0.1, -0.05) is 67.8 Å². The Morgan fingerprint density at radius 3 is 2.32 bits per heavy atom. The van der Waals surface area contributed by atoms with E-state index >= 15 is 0 Å². The van der Waals surface area contributed by atoms with Crippen molar-refractivity contribution in [2.75, 3.05) is 6.26 Å². The van der Waals surface area contributed by atoms with Gasteiger partial charge >= 0.3 is 0 Å². The number of sulfone groups is 1. The van der Waals surface area contributed by atoms with Gasteiger partial charge in [-0.25, -0.2) is 13.4 Å². The molecule has 0 radical (unpaired) electrons. The number of rotatable bonds is 5. The molecule has 1 atom stereocenters. The highest BCUT2D eigenvalue weighted by Gasteiger charge is 2.30. The van der Waals surface area contributed by atoms with Crippen LogP contribution >= 0.6 is 0 Å². The number of carbonyl (C=O) groups is 1. The highest BCUT2D eigenvalue weighted by Crippen LogP contribution is 2.34. The Morgan fingerprint density at radius 2 is 1.65 bits per heavy atom. The third kappa shape index (κ3) is 4.49. The summed E-state index contributed by atoms with van der Waals surface area (Å²) in [4.78, 5) is 18.2. The lowest BCUT2D eigenvalue weighted by Crippen LogP contribution is -2.39. The first-order valence-corrected chi connectivity index (χ1v) is 12.7. The number of para-hydroxylation sites is 1. The summed E-state index contributed by atoms with van der Waals surface area (Å²) in [7, 11) is -3.73. The van der Waals surface area contributed by atoms with Crippen LogP contribution in [0.15, 0.2) is 59.5 Å². The van der Waals surface area contributed by atoms with Crippen molar-refractivity contribution in [3.05, 3.63) is 60.2 Å². The molecule has 1 amide bonds. The van der Waals surface area contributed by atoms with Gasteiger partial charge in [-0.2, -0.15) is 0 Å². The minimum Gasteiger partial charge on any atom is -0.349 e. The molecule has 0 aliphatic heterocycles. The average molecular weight is 437 g/mol. The van der Waals surface area contributed by atoms with Crippen LogP contribution in [0.5, 0.6) is 0 Å². The van der Waals surface area contributed by atoms with Crippen molar-refractivity contribution in [1.82, 2.24) is 10.3 Å². The maximum Gasteiger partial charge on any atom is 0.253 e. The summed E-state index contributed by atoms with van der Waals surface area (Å²) in [6.07, 6.45) is 6.92. The van der Waals surface area contributed by atoms with E-state index in [1.165, 1.54) is 19.3 Å². The zero-order valence-electron chi connectivity index (χ0n) is 18.0. The Labute approximate surface area is 183 Å². The van der Waals surface area contributed by atoms with Crippen LogP contribution in [0, 0.1) is 5.92 Å². The fourth-order valence-electron chi connectivity index (χ4n) is 4.60. The van der Waals surface area contributed by atoms with Crippen molar-refractivity contribution in [1.29, 1.82) is 0 Å². The molecule has 1 saturated carbocycles. The van der Waals surface area contributed by atoms with E-state index in [9.17, 15) is 13.2 Å². The molecule has 3 aromatic rings. The highest BCUT2D eigenvalue weighted by molar-refractivity contribution is 7.91. The van der Waals surface area contributed by atoms with Crippen LogP contribution < -0.4 is 5.32 Å². The SMILES string of the molecule is CC(NC(=O)c1c(S(C)(=O)=O)c(-c2ccccc2)nc2ccccc12)C1CCCCC1. The van der Waals surface area contributed by atoms with Gasteiger partial charge in [0.1, 0.15) is 4.90 Å². The Morgan fingerprint density at radius 1 is 1.00 bits per heavy atom. The molecule has 4 rings (SSSR count). The largest absolute Gasteiger partial charge is 0.349 e. The molecule has 6 heteroatoms. The zero-order valence-corrected chi connectivity index (χ0v) is 18.8. The summed E-state index contributed by atoms with van der Waals surface area (Å²) in [6.45, 7) is 2.02. The Hall–Kier alpha value is -2.73. The monoisotopic (exact) mass is 436 g/mol. The van der Waals surface area contributed by atoms with E-state index in [4.69, 9.17) is 0 Å². The van der Waals surface area contributed by atoms with Crippen LogP contribution in [0.2, 0.25) is 0 Å². The van der Waals surface area contributed by atoms with Crippen molar-refractivity contribution < 1.29 is 13.2 Å². The number of amides is 1. The van der Waals surface area contributed by atoms with Crippen molar-refractivity contribution in [3.63, 3.8) is 0 Å². The molecule has 5 nitrogen and oxygen atoms in total. The first kappa shape index (κ1) is 21.5. The Balaban J connectivity index is 1.89. The van der Waals surface area contributed by atoms with E-state index in [1.807, 2.05) is 49.4 Å². The molecule has 31 heavy (non-hydrogen) atoms. The molecule has 1 N–H and O–H groups in total. The second kappa shape index (κ2) is 8.79. The summed E-state index contributed by atoms with van der Waals surface area (Å²) in [5, 5.41) is 3.67. The topological polar surface area (TPSA) is 76.1 Å². The van der Waals surface area contributed by atoms with Crippen molar-refractivity contribution >= 4 is 26.6 Å². The van der Waals surface area contributed by atoms with E-state index in [0.29, 0.717) is 28.1 Å². The van der Waals surface area contributed by atoms with E-state index < -0.39 is 9.84 Å². The second-order valence-corrected chi connectivity index (χ2v) is 10.4. The number of nitrogens with zero attached hydrogens (tertiary/aromatic N) is 1. The Kier molecular flexibility index (Phi) is 6.10. The van der Waals surface area contributed by atoms with Crippen LogP contribution in [0.4, 0.5) is 0 Å². The normalized spacial score (nSPS) is 16.2. The summed E-state index contributed by atoms with van der Waals surface area (Å²) in [6, 6.07) is 16.4. The number of carbonyl (C=O) groups excluding carboxylic acids is 1. The van der Waals surface area contributed by atoms with Gasteiger partial charge in [-0.05, 0) is 31.7 Å². The molecular weight excluding hydrogens is 408 g/mol. The van der Waals surface area contributed by atoms with Gasteiger partial charge in [-0.15, -0.1) is 0 Å². The van der Waals surface area contributed by atoms with E-state index in [-0.39, 0.29) is 22.4 Å². The van der Waals surface area contributed by atoms with Gasteiger partial charge < -0.3 is 5.32 Å². The molecule has 1 aliphatic carbocycles. The van der Waals surface area contributed by atoms with Crippen LogP contribution in [-0.4, -0.2) is 31.6 Å². The van der Waals surface area contributed by atoms with Gasteiger partial charge in [0, 0.05) is 23.2 Å². The third-order valence-corrected chi connectivity index (χ3v) is 7.35. The van der Waals surface area contributed by atoms with E-state index in [1.54, 1.807) is 12.1 Å². The molecular formula is C25H28N2O3S. The predicted molar refractivity (Wildman–Crippen MR) is 124 cm³/mol. The molecule has 0 saturated heterocycles. The lowest BCUT2D eigenvalue weighted by atomic mass is 9.84. The molecule has 1 aromatic heterocycles. The minimum absolute atomic E-state index is 0.00857. The minimum atomic E-state index is -3.73. The Bertz CT molecular complexity index is 1200. The first-order chi connectivity index (χ1) is 14.9. The molecule has 1 heterocycles. The van der Waals surface area contributed by atoms with Crippen molar-refractivity contribution in [2.24, 2.45) is 5.92 Å². The first-order valence-electron chi connectivity index (χ1n) is 10.9. The van der Waals surface area contributed by atoms with Crippen molar-refractivity contribution in [2.45, 2.75) is 50.0 Å². The van der Waals surface area contributed by atoms with Crippen molar-refractivity contribution in [3.8, 4) is 11.3 Å².